The maximum atomic E-state index is 6.38. The topological polar surface area (TPSA) is 79.5 Å². The van der Waals surface area contributed by atoms with Crippen molar-refractivity contribution in [1.82, 2.24) is 15.0 Å². The minimum atomic E-state index is -0.450. The number of fused-ring (bicyclic) bond motifs is 6. The molecule has 0 bridgehead atoms. The number of ether oxygens (including phenoxy) is 1. The third kappa shape index (κ3) is 4.54. The molecule has 4 aromatic carbocycles. The van der Waals surface area contributed by atoms with Gasteiger partial charge in [0.05, 0.1) is 11.2 Å². The van der Waals surface area contributed by atoms with Crippen LogP contribution in [0.3, 0.4) is 0 Å². The van der Waals surface area contributed by atoms with Gasteiger partial charge in [-0.15, -0.1) is 0 Å². The highest BCUT2D eigenvalue weighted by Gasteiger charge is 2.51. The first-order valence-corrected chi connectivity index (χ1v) is 16.0. The number of hydrogen-bond donors (Lipinski definition) is 0. The summed E-state index contributed by atoms with van der Waals surface area (Å²) in [6.45, 7) is 8.26. The molecule has 0 amide bonds. The lowest BCUT2D eigenvalue weighted by Gasteiger charge is -2.32. The molecule has 1 aliphatic carbocycles. The van der Waals surface area contributed by atoms with Crippen molar-refractivity contribution < 1.29 is 18.5 Å². The van der Waals surface area contributed by atoms with Gasteiger partial charge in [-0.2, -0.15) is 0 Å². The summed E-state index contributed by atoms with van der Waals surface area (Å²) in [7, 11) is -0.450. The van der Waals surface area contributed by atoms with Gasteiger partial charge in [-0.3, -0.25) is 0 Å². The lowest BCUT2D eigenvalue weighted by atomic mass is 9.78. The molecule has 6 aromatic rings. The molecule has 7 nitrogen and oxygen atoms in total. The van der Waals surface area contributed by atoms with Crippen molar-refractivity contribution in [2.75, 3.05) is 0 Å². The number of nitrogens with zero attached hydrogens (tertiary/aromatic N) is 3. The third-order valence-electron chi connectivity index (χ3n) is 9.93. The van der Waals surface area contributed by atoms with Crippen LogP contribution >= 0.6 is 0 Å². The zero-order chi connectivity index (χ0) is 31.9. The highest BCUT2D eigenvalue weighted by Crippen LogP contribution is 2.46. The molecule has 0 N–H and O–H groups in total. The molecule has 0 saturated carbocycles. The average Bonchev–Trinajstić information content (AvgIpc) is 3.72. The van der Waals surface area contributed by atoms with Crippen LogP contribution in [0.4, 0.5) is 0 Å². The third-order valence-corrected chi connectivity index (χ3v) is 9.93. The van der Waals surface area contributed by atoms with Crippen molar-refractivity contribution >= 4 is 34.5 Å². The van der Waals surface area contributed by atoms with E-state index in [0.717, 1.165) is 55.4 Å². The summed E-state index contributed by atoms with van der Waals surface area (Å²) in [4.78, 5) is 15.1. The molecule has 1 fully saturated rings. The molecule has 0 radical (unpaired) electrons. The Labute approximate surface area is 273 Å². The number of benzene rings is 4. The van der Waals surface area contributed by atoms with Crippen LogP contribution in [0, 0.1) is 0 Å². The number of aromatic nitrogens is 3. The zero-order valence-corrected chi connectivity index (χ0v) is 26.6. The van der Waals surface area contributed by atoms with E-state index in [4.69, 9.17) is 33.4 Å². The second-order valence-corrected chi connectivity index (χ2v) is 13.4. The maximum absolute atomic E-state index is 6.38. The molecule has 4 heterocycles. The monoisotopic (exact) mass is 617 g/mol. The fourth-order valence-electron chi connectivity index (χ4n) is 6.69. The first-order valence-electron chi connectivity index (χ1n) is 16.0. The van der Waals surface area contributed by atoms with E-state index in [9.17, 15) is 0 Å². The van der Waals surface area contributed by atoms with Gasteiger partial charge in [-0.25, -0.2) is 15.0 Å². The largest absolute Gasteiger partial charge is 0.494 e. The lowest BCUT2D eigenvalue weighted by molar-refractivity contribution is 0.00578. The standard InChI is InChI=1S/C39H32BN3O4/c1-38(2)39(3,4)47-40(46-38)25-18-20-31-29(22-25)26-19-17-24(21-33(26)45-31)36-41-35(23-11-6-5-7-12-23)42-37(43-36)28-14-10-16-32-34(28)27-13-8-9-15-30(27)44-32/h5-22,27,30H,1-4H3. The molecule has 2 unspecified atom stereocenters. The fourth-order valence-corrected chi connectivity index (χ4v) is 6.69. The highest BCUT2D eigenvalue weighted by atomic mass is 16.7. The Morgan fingerprint density at radius 2 is 1.38 bits per heavy atom. The van der Waals surface area contributed by atoms with Crippen molar-refractivity contribution in [3.05, 3.63) is 115 Å². The summed E-state index contributed by atoms with van der Waals surface area (Å²) in [5.74, 6) is 2.74. The van der Waals surface area contributed by atoms with Crippen molar-refractivity contribution in [3.63, 3.8) is 0 Å². The number of allylic oxidation sites excluding steroid dienone is 2. The van der Waals surface area contributed by atoms with Crippen molar-refractivity contribution in [2.45, 2.75) is 50.9 Å². The first-order chi connectivity index (χ1) is 22.7. The Morgan fingerprint density at radius 3 is 2.19 bits per heavy atom. The summed E-state index contributed by atoms with van der Waals surface area (Å²) >= 11 is 0. The molecule has 2 aliphatic heterocycles. The van der Waals surface area contributed by atoms with Crippen LogP contribution in [-0.2, 0) is 9.31 Å². The Balaban J connectivity index is 1.15. The number of rotatable bonds is 4. The fraction of sp³-hybridized carbons (Fsp3) is 0.205. The molecule has 230 valence electrons. The Morgan fingerprint density at radius 1 is 0.638 bits per heavy atom. The van der Waals surface area contributed by atoms with Crippen LogP contribution in [0.5, 0.6) is 5.75 Å². The lowest BCUT2D eigenvalue weighted by Crippen LogP contribution is -2.41. The van der Waals surface area contributed by atoms with E-state index in [1.54, 1.807) is 0 Å². The molecule has 9 rings (SSSR count). The van der Waals surface area contributed by atoms with Crippen LogP contribution in [0.2, 0.25) is 0 Å². The normalized spacial score (nSPS) is 20.5. The predicted octanol–water partition coefficient (Wildman–Crippen LogP) is 8.04. The van der Waals surface area contributed by atoms with Gasteiger partial charge in [0, 0.05) is 38.9 Å². The zero-order valence-electron chi connectivity index (χ0n) is 26.6. The predicted molar refractivity (Wildman–Crippen MR) is 185 cm³/mol. The van der Waals surface area contributed by atoms with Crippen molar-refractivity contribution in [2.24, 2.45) is 0 Å². The number of furan rings is 1. The van der Waals surface area contributed by atoms with Crippen LogP contribution in [0.25, 0.3) is 56.1 Å². The van der Waals surface area contributed by atoms with Crippen LogP contribution in [0.15, 0.2) is 114 Å². The summed E-state index contributed by atoms with van der Waals surface area (Å²) in [5.41, 5.74) is 5.47. The minimum absolute atomic E-state index is 0.0353. The second kappa shape index (κ2) is 10.2. The van der Waals surface area contributed by atoms with Gasteiger partial charge in [0.25, 0.3) is 0 Å². The molecule has 2 atom stereocenters. The molecular weight excluding hydrogens is 585 g/mol. The number of hydrogen-bond acceptors (Lipinski definition) is 7. The van der Waals surface area contributed by atoms with Gasteiger partial charge in [-0.05, 0) is 63.5 Å². The first kappa shape index (κ1) is 28.2. The molecule has 47 heavy (non-hydrogen) atoms. The molecule has 8 heteroatoms. The van der Waals surface area contributed by atoms with Crippen LogP contribution in [-0.4, -0.2) is 39.4 Å². The maximum Gasteiger partial charge on any atom is 0.494 e. The Bertz CT molecular complexity index is 2260. The van der Waals surface area contributed by atoms with Crippen LogP contribution in [0.1, 0.15) is 39.2 Å². The minimum Gasteiger partial charge on any atom is -0.485 e. The van der Waals surface area contributed by atoms with E-state index in [2.05, 4.69) is 70.2 Å². The molecular formula is C39H32BN3O4. The van der Waals surface area contributed by atoms with Crippen molar-refractivity contribution in [1.29, 1.82) is 0 Å². The Hall–Kier alpha value is -5.05. The summed E-state index contributed by atoms with van der Waals surface area (Å²) < 4.78 is 25.3. The van der Waals surface area contributed by atoms with Gasteiger partial charge >= 0.3 is 7.12 Å². The average molecular weight is 618 g/mol. The van der Waals surface area contributed by atoms with E-state index in [0.29, 0.717) is 17.5 Å². The molecule has 3 aliphatic rings. The van der Waals surface area contributed by atoms with Gasteiger partial charge in [-0.1, -0.05) is 78.9 Å². The molecule has 2 aromatic heterocycles. The Kier molecular flexibility index (Phi) is 6.14. The van der Waals surface area contributed by atoms with Gasteiger partial charge in [0.15, 0.2) is 17.5 Å². The summed E-state index contributed by atoms with van der Waals surface area (Å²) in [5, 5.41) is 2.00. The summed E-state index contributed by atoms with van der Waals surface area (Å²) in [6.07, 6.45) is 8.36. The van der Waals surface area contributed by atoms with E-state index < -0.39 is 18.3 Å². The second-order valence-electron chi connectivity index (χ2n) is 13.4. The smallest absolute Gasteiger partial charge is 0.485 e. The van der Waals surface area contributed by atoms with Crippen molar-refractivity contribution in [3.8, 4) is 39.9 Å². The molecule has 1 saturated heterocycles. The van der Waals surface area contributed by atoms with Gasteiger partial charge < -0.3 is 18.5 Å². The SMILES string of the molecule is CC1(C)OB(c2ccc3oc4cc(-c5nc(-c6ccccc6)nc(-c6cccc7c6C6C=CC=CC6O7)n5)ccc4c3c2)OC1(C)C. The van der Waals surface area contributed by atoms with E-state index >= 15 is 0 Å². The van der Waals surface area contributed by atoms with E-state index in [1.807, 2.05) is 66.7 Å². The molecule has 0 spiro atoms. The van der Waals surface area contributed by atoms with E-state index in [-0.39, 0.29) is 12.0 Å². The highest BCUT2D eigenvalue weighted by molar-refractivity contribution is 6.62. The quantitative estimate of drug-likeness (QED) is 0.185. The van der Waals surface area contributed by atoms with Crippen LogP contribution < -0.4 is 10.2 Å². The van der Waals surface area contributed by atoms with Gasteiger partial charge in [0.2, 0.25) is 0 Å². The summed E-state index contributed by atoms with van der Waals surface area (Å²) in [6, 6.07) is 28.4. The van der Waals surface area contributed by atoms with E-state index in [1.165, 1.54) is 0 Å². The van der Waals surface area contributed by atoms with Gasteiger partial charge in [0.1, 0.15) is 23.0 Å².